The minimum Gasteiger partial charge on any atom is -0.494 e. The topological polar surface area (TPSA) is 140 Å². The van der Waals surface area contributed by atoms with Crippen LogP contribution < -0.4 is 14.4 Å². The molecule has 0 amide bonds. The molecule has 15 heteroatoms. The zero-order valence-electron chi connectivity index (χ0n) is 24.0. The maximum absolute atomic E-state index is 14.1. The van der Waals surface area contributed by atoms with Crippen molar-refractivity contribution in [3.63, 3.8) is 0 Å². The summed E-state index contributed by atoms with van der Waals surface area (Å²) in [5, 5.41) is 7.84. The molecule has 0 aliphatic carbocycles. The van der Waals surface area contributed by atoms with Crippen molar-refractivity contribution < 1.29 is 36.5 Å². The largest absolute Gasteiger partial charge is 0.494 e. The number of methoxy groups -OCH3 is 2. The standard InChI is InChI=1S/C27H35FN6O7S/c1-17(2)41-19-10-20(14-33(13-19)27-29-11-18(28)12-30-27)42(35,36)16-24-31-32-26(23-15-39-8-9-40-23)34(24)25-21(37-3)6-5-7-22(25)38-4/h5-7,11-12,17,19-20,23H,8-10,13-16H2,1-4H3/t19-,20+,23+/m0/s1. The minimum atomic E-state index is -3.87. The zero-order valence-corrected chi connectivity index (χ0v) is 24.8. The predicted molar refractivity (Wildman–Crippen MR) is 149 cm³/mol. The summed E-state index contributed by atoms with van der Waals surface area (Å²) in [6.07, 6.45) is 1.25. The van der Waals surface area contributed by atoms with Crippen LogP contribution in [-0.4, -0.2) is 97.7 Å². The van der Waals surface area contributed by atoms with Crippen LogP contribution in [0.5, 0.6) is 11.5 Å². The summed E-state index contributed by atoms with van der Waals surface area (Å²) in [6.45, 7) is 5.27. The van der Waals surface area contributed by atoms with Crippen molar-refractivity contribution >= 4 is 15.8 Å². The highest BCUT2D eigenvalue weighted by Gasteiger charge is 2.39. The van der Waals surface area contributed by atoms with E-state index < -0.39 is 38.9 Å². The second kappa shape index (κ2) is 12.9. The van der Waals surface area contributed by atoms with E-state index in [1.807, 2.05) is 13.8 Å². The van der Waals surface area contributed by atoms with E-state index in [4.69, 9.17) is 23.7 Å². The summed E-state index contributed by atoms with van der Waals surface area (Å²) < 4.78 is 72.2. The van der Waals surface area contributed by atoms with E-state index in [-0.39, 0.29) is 37.4 Å². The minimum absolute atomic E-state index is 0.102. The molecule has 3 atom stereocenters. The van der Waals surface area contributed by atoms with Crippen molar-refractivity contribution in [1.29, 1.82) is 0 Å². The Morgan fingerprint density at radius 2 is 1.79 bits per heavy atom. The van der Waals surface area contributed by atoms with Crippen molar-refractivity contribution in [2.75, 3.05) is 52.0 Å². The molecule has 2 aliphatic rings. The van der Waals surface area contributed by atoms with Crippen LogP contribution in [0.25, 0.3) is 5.69 Å². The van der Waals surface area contributed by atoms with Crippen molar-refractivity contribution in [3.05, 3.63) is 48.1 Å². The summed E-state index contributed by atoms with van der Waals surface area (Å²) in [5.74, 6) is 0.622. The number of piperidine rings is 1. The van der Waals surface area contributed by atoms with Crippen LogP contribution in [0.15, 0.2) is 30.6 Å². The van der Waals surface area contributed by atoms with Crippen molar-refractivity contribution in [3.8, 4) is 17.2 Å². The molecule has 4 heterocycles. The van der Waals surface area contributed by atoms with Gasteiger partial charge in [0.05, 0.1) is 63.9 Å². The third-order valence-electron chi connectivity index (χ3n) is 7.05. The van der Waals surface area contributed by atoms with Gasteiger partial charge in [-0.3, -0.25) is 4.57 Å². The van der Waals surface area contributed by atoms with Crippen LogP contribution in [0.1, 0.15) is 38.0 Å². The molecular formula is C27H35FN6O7S. The second-order valence-electron chi connectivity index (χ2n) is 10.3. The van der Waals surface area contributed by atoms with Gasteiger partial charge in [-0.1, -0.05) is 6.07 Å². The lowest BCUT2D eigenvalue weighted by Gasteiger charge is -2.38. The van der Waals surface area contributed by atoms with E-state index in [1.54, 1.807) is 27.7 Å². The molecule has 2 saturated heterocycles. The summed E-state index contributed by atoms with van der Waals surface area (Å²) >= 11 is 0. The molecule has 0 bridgehead atoms. The third-order valence-corrected chi connectivity index (χ3v) is 9.07. The fraction of sp³-hybridized carbons (Fsp3) is 0.556. The summed E-state index contributed by atoms with van der Waals surface area (Å²) in [4.78, 5) is 9.86. The predicted octanol–water partition coefficient (Wildman–Crippen LogP) is 2.29. The molecule has 5 rings (SSSR count). The quantitative estimate of drug-likeness (QED) is 0.334. The maximum Gasteiger partial charge on any atom is 0.225 e. The van der Waals surface area contributed by atoms with E-state index in [0.717, 1.165) is 12.4 Å². The Labute approximate surface area is 243 Å². The van der Waals surface area contributed by atoms with Gasteiger partial charge in [0.15, 0.2) is 27.3 Å². The Balaban J connectivity index is 1.53. The smallest absolute Gasteiger partial charge is 0.225 e. The number of hydrogen-bond donors (Lipinski definition) is 0. The number of anilines is 1. The van der Waals surface area contributed by atoms with Crippen LogP contribution in [0.4, 0.5) is 10.3 Å². The average molecular weight is 607 g/mol. The molecular weight excluding hydrogens is 571 g/mol. The van der Waals surface area contributed by atoms with Gasteiger partial charge >= 0.3 is 0 Å². The molecule has 228 valence electrons. The number of rotatable bonds is 10. The highest BCUT2D eigenvalue weighted by atomic mass is 32.2. The molecule has 0 spiro atoms. The Kier molecular flexibility index (Phi) is 9.20. The number of benzene rings is 1. The molecule has 0 N–H and O–H groups in total. The number of nitrogens with zero attached hydrogens (tertiary/aromatic N) is 6. The molecule has 2 aromatic heterocycles. The van der Waals surface area contributed by atoms with Crippen LogP contribution >= 0.6 is 0 Å². The Morgan fingerprint density at radius 1 is 1.07 bits per heavy atom. The van der Waals surface area contributed by atoms with Gasteiger partial charge in [0.1, 0.15) is 29.0 Å². The third kappa shape index (κ3) is 6.48. The average Bonchev–Trinajstić information content (AvgIpc) is 3.39. The van der Waals surface area contributed by atoms with E-state index in [2.05, 4.69) is 20.2 Å². The van der Waals surface area contributed by atoms with Gasteiger partial charge in [-0.05, 0) is 32.4 Å². The number of halogens is 1. The van der Waals surface area contributed by atoms with Gasteiger partial charge in [-0.2, -0.15) is 0 Å². The molecule has 2 fully saturated rings. The van der Waals surface area contributed by atoms with E-state index in [0.29, 0.717) is 42.8 Å². The van der Waals surface area contributed by atoms with Crippen molar-refractivity contribution in [2.45, 2.75) is 49.6 Å². The maximum atomic E-state index is 14.1. The van der Waals surface area contributed by atoms with E-state index >= 15 is 0 Å². The fourth-order valence-electron chi connectivity index (χ4n) is 5.25. The van der Waals surface area contributed by atoms with E-state index in [9.17, 15) is 12.8 Å². The first kappa shape index (κ1) is 30.1. The lowest BCUT2D eigenvalue weighted by atomic mass is 10.1. The fourth-order valence-corrected chi connectivity index (χ4v) is 6.94. The number of hydrogen-bond acceptors (Lipinski definition) is 12. The molecule has 1 aromatic carbocycles. The SMILES string of the molecule is COc1cccc(OC)c1-n1c(CS(=O)(=O)[C@@H]2C[C@H](OC(C)C)CN(c3ncc(F)cn3)C2)nnc1[C@H]1COCCO1. The molecule has 2 aliphatic heterocycles. The van der Waals surface area contributed by atoms with Gasteiger partial charge in [0.2, 0.25) is 5.95 Å². The summed E-state index contributed by atoms with van der Waals surface area (Å²) in [7, 11) is -0.838. The highest BCUT2D eigenvalue weighted by molar-refractivity contribution is 7.91. The number of para-hydroxylation sites is 1. The normalized spacial score (nSPS) is 21.5. The molecule has 3 aromatic rings. The van der Waals surface area contributed by atoms with Gasteiger partial charge < -0.3 is 28.6 Å². The molecule has 13 nitrogen and oxygen atoms in total. The lowest BCUT2D eigenvalue weighted by Crippen LogP contribution is -2.51. The van der Waals surface area contributed by atoms with Crippen molar-refractivity contribution in [2.24, 2.45) is 0 Å². The van der Waals surface area contributed by atoms with E-state index in [1.165, 1.54) is 14.2 Å². The first-order chi connectivity index (χ1) is 20.2. The molecule has 0 saturated carbocycles. The first-order valence-electron chi connectivity index (χ1n) is 13.6. The first-order valence-corrected chi connectivity index (χ1v) is 15.4. The van der Waals surface area contributed by atoms with Gasteiger partial charge in [-0.15, -0.1) is 10.2 Å². The van der Waals surface area contributed by atoms with Crippen LogP contribution in [-0.2, 0) is 29.8 Å². The summed E-state index contributed by atoms with van der Waals surface area (Å²) in [6, 6.07) is 5.26. The number of sulfone groups is 1. The van der Waals surface area contributed by atoms with Crippen LogP contribution in [0.2, 0.25) is 0 Å². The highest BCUT2D eigenvalue weighted by Crippen LogP contribution is 2.37. The molecule has 42 heavy (non-hydrogen) atoms. The summed E-state index contributed by atoms with van der Waals surface area (Å²) in [5.41, 5.74) is 0.452. The Hall–Kier alpha value is -3.40. The van der Waals surface area contributed by atoms with Gasteiger partial charge in [0, 0.05) is 13.1 Å². The molecule has 0 unspecified atom stereocenters. The Bertz CT molecular complexity index is 1440. The lowest BCUT2D eigenvalue weighted by molar-refractivity contribution is -0.0942. The van der Waals surface area contributed by atoms with Crippen LogP contribution in [0.3, 0.4) is 0 Å². The molecule has 0 radical (unpaired) electrons. The van der Waals surface area contributed by atoms with Crippen molar-refractivity contribution in [1.82, 2.24) is 24.7 Å². The second-order valence-corrected chi connectivity index (χ2v) is 12.6. The number of ether oxygens (including phenoxy) is 5. The Morgan fingerprint density at radius 3 is 2.40 bits per heavy atom. The van der Waals surface area contributed by atoms with Gasteiger partial charge in [-0.25, -0.2) is 22.8 Å². The monoisotopic (exact) mass is 606 g/mol. The van der Waals surface area contributed by atoms with Gasteiger partial charge in [0.25, 0.3) is 0 Å². The number of aromatic nitrogens is 5. The zero-order chi connectivity index (χ0) is 29.9. The van der Waals surface area contributed by atoms with Crippen LogP contribution in [0, 0.1) is 5.82 Å².